The lowest BCUT2D eigenvalue weighted by atomic mass is 9.96. The van der Waals surface area contributed by atoms with E-state index in [4.69, 9.17) is 0 Å². The van der Waals surface area contributed by atoms with Crippen molar-refractivity contribution in [3.8, 4) is 0 Å². The fraction of sp³-hybridized carbons (Fsp3) is 0.381. The van der Waals surface area contributed by atoms with Crippen LogP contribution in [0.1, 0.15) is 29.9 Å². The van der Waals surface area contributed by atoms with Crippen LogP contribution in [0.4, 0.5) is 4.39 Å². The van der Waals surface area contributed by atoms with Gasteiger partial charge in [-0.15, -0.1) is 24.0 Å². The number of aliphatic hydroxyl groups excluding tert-OH is 1. The van der Waals surface area contributed by atoms with Crippen molar-refractivity contribution in [2.75, 3.05) is 26.7 Å². The van der Waals surface area contributed by atoms with Gasteiger partial charge >= 0.3 is 0 Å². The molecule has 3 N–H and O–H groups in total. The predicted molar refractivity (Wildman–Crippen MR) is 118 cm³/mol. The van der Waals surface area contributed by atoms with E-state index in [1.807, 2.05) is 36.4 Å². The first-order valence-corrected chi connectivity index (χ1v) is 9.03. The monoisotopic (exact) mass is 483 g/mol. The summed E-state index contributed by atoms with van der Waals surface area (Å²) in [5.74, 6) is 0.514. The van der Waals surface area contributed by atoms with Crippen molar-refractivity contribution in [3.05, 3.63) is 71.5 Å². The molecule has 0 spiro atoms. The molecule has 4 nitrogen and oxygen atoms in total. The van der Waals surface area contributed by atoms with Crippen LogP contribution in [0.15, 0.2) is 59.6 Å². The Hall–Kier alpha value is -1.67. The highest BCUT2D eigenvalue weighted by molar-refractivity contribution is 14.0. The molecule has 0 bridgehead atoms. The van der Waals surface area contributed by atoms with Crippen molar-refractivity contribution >= 4 is 29.9 Å². The molecule has 0 radical (unpaired) electrons. The Labute approximate surface area is 177 Å². The molecule has 1 fully saturated rings. The highest BCUT2D eigenvalue weighted by atomic mass is 127. The van der Waals surface area contributed by atoms with Gasteiger partial charge in [-0.3, -0.25) is 4.99 Å². The topological polar surface area (TPSA) is 56.7 Å². The summed E-state index contributed by atoms with van der Waals surface area (Å²) in [5.41, 5.74) is 2.13. The zero-order chi connectivity index (χ0) is 18.4. The van der Waals surface area contributed by atoms with Gasteiger partial charge in [-0.1, -0.05) is 42.5 Å². The van der Waals surface area contributed by atoms with Gasteiger partial charge in [0.1, 0.15) is 5.82 Å². The number of aliphatic hydroxyl groups is 1. The molecule has 0 saturated heterocycles. The number of hydrogen-bond acceptors (Lipinski definition) is 2. The van der Waals surface area contributed by atoms with Gasteiger partial charge in [-0.05, 0) is 36.1 Å². The van der Waals surface area contributed by atoms with Crippen LogP contribution in [-0.2, 0) is 5.41 Å². The molecular formula is C21H27FIN3O. The van der Waals surface area contributed by atoms with E-state index < -0.39 is 0 Å². The Morgan fingerprint density at radius 2 is 1.89 bits per heavy atom. The number of rotatable bonds is 7. The maximum absolute atomic E-state index is 13.5. The Balaban J connectivity index is 0.00000261. The van der Waals surface area contributed by atoms with Crippen LogP contribution in [0.25, 0.3) is 0 Å². The van der Waals surface area contributed by atoms with Crippen LogP contribution in [0, 0.1) is 5.82 Å². The minimum Gasteiger partial charge on any atom is -0.396 e. The van der Waals surface area contributed by atoms with Gasteiger partial charge in [0.05, 0.1) is 6.61 Å². The standard InChI is InChI=1S/C21H26FN3O.HI/c1-23-20(24-13-17(14-26)16-6-3-2-4-7-16)25-15-21(10-11-21)18-8-5-9-19(22)12-18;/h2-9,12,17,26H,10-11,13-15H2,1H3,(H2,23,24,25);1H. The second-order valence-corrected chi connectivity index (χ2v) is 6.89. The first-order chi connectivity index (χ1) is 12.7. The molecule has 2 aromatic rings. The number of nitrogens with one attached hydrogen (secondary N) is 2. The van der Waals surface area contributed by atoms with E-state index in [1.165, 1.54) is 6.07 Å². The summed E-state index contributed by atoms with van der Waals surface area (Å²) in [4.78, 5) is 4.27. The Morgan fingerprint density at radius 3 is 2.48 bits per heavy atom. The van der Waals surface area contributed by atoms with Gasteiger partial charge in [0.2, 0.25) is 0 Å². The van der Waals surface area contributed by atoms with Crippen LogP contribution in [-0.4, -0.2) is 37.8 Å². The number of nitrogens with zero attached hydrogens (tertiary/aromatic N) is 1. The lowest BCUT2D eigenvalue weighted by Gasteiger charge is -2.21. The largest absolute Gasteiger partial charge is 0.396 e. The summed E-state index contributed by atoms with van der Waals surface area (Å²) >= 11 is 0. The molecule has 146 valence electrons. The van der Waals surface area contributed by atoms with Crippen molar-refractivity contribution in [1.82, 2.24) is 10.6 Å². The van der Waals surface area contributed by atoms with Crippen molar-refractivity contribution in [2.24, 2.45) is 4.99 Å². The van der Waals surface area contributed by atoms with Crippen LogP contribution >= 0.6 is 24.0 Å². The molecule has 3 rings (SSSR count). The first-order valence-electron chi connectivity index (χ1n) is 9.03. The average Bonchev–Trinajstić information content (AvgIpc) is 3.47. The maximum Gasteiger partial charge on any atom is 0.191 e. The smallest absolute Gasteiger partial charge is 0.191 e. The Bertz CT molecular complexity index is 750. The molecule has 1 aliphatic carbocycles. The SMILES string of the molecule is CN=C(NCC(CO)c1ccccc1)NCC1(c2cccc(F)c2)CC1.I. The normalized spacial score (nSPS) is 16.2. The van der Waals surface area contributed by atoms with Crippen LogP contribution in [0.3, 0.4) is 0 Å². The quantitative estimate of drug-likeness (QED) is 0.322. The lowest BCUT2D eigenvalue weighted by molar-refractivity contribution is 0.265. The highest BCUT2D eigenvalue weighted by Crippen LogP contribution is 2.47. The van der Waals surface area contributed by atoms with Crippen molar-refractivity contribution in [2.45, 2.75) is 24.2 Å². The summed E-state index contributed by atoms with van der Waals surface area (Å²) in [6.07, 6.45) is 2.09. The molecular weight excluding hydrogens is 456 g/mol. The van der Waals surface area contributed by atoms with Gasteiger partial charge in [-0.25, -0.2) is 4.39 Å². The van der Waals surface area contributed by atoms with Gasteiger partial charge in [0.25, 0.3) is 0 Å². The van der Waals surface area contributed by atoms with E-state index in [2.05, 4.69) is 15.6 Å². The summed E-state index contributed by atoms with van der Waals surface area (Å²) in [6.45, 7) is 1.37. The fourth-order valence-corrected chi connectivity index (χ4v) is 3.24. The molecule has 0 aromatic heterocycles. The molecule has 1 atom stereocenters. The van der Waals surface area contributed by atoms with E-state index in [9.17, 15) is 9.50 Å². The van der Waals surface area contributed by atoms with E-state index in [0.29, 0.717) is 19.0 Å². The van der Waals surface area contributed by atoms with Gasteiger partial charge in [0, 0.05) is 31.5 Å². The van der Waals surface area contributed by atoms with Crippen molar-refractivity contribution < 1.29 is 9.50 Å². The number of aliphatic imine (C=N–C) groups is 1. The van der Waals surface area contributed by atoms with Crippen molar-refractivity contribution in [1.29, 1.82) is 0 Å². The first kappa shape index (κ1) is 21.6. The summed E-state index contributed by atoms with van der Waals surface area (Å²) in [5, 5.41) is 16.3. The molecule has 2 aromatic carbocycles. The fourth-order valence-electron chi connectivity index (χ4n) is 3.24. The zero-order valence-corrected chi connectivity index (χ0v) is 17.8. The number of halogens is 2. The predicted octanol–water partition coefficient (Wildman–Crippen LogP) is 3.42. The number of benzene rings is 2. The van der Waals surface area contributed by atoms with E-state index in [1.54, 1.807) is 19.2 Å². The van der Waals surface area contributed by atoms with Gasteiger partial charge < -0.3 is 15.7 Å². The maximum atomic E-state index is 13.5. The number of guanidine groups is 1. The van der Waals surface area contributed by atoms with E-state index in [-0.39, 0.29) is 47.7 Å². The second-order valence-electron chi connectivity index (χ2n) is 6.89. The Kier molecular flexibility index (Phi) is 8.04. The van der Waals surface area contributed by atoms with Crippen LogP contribution < -0.4 is 10.6 Å². The molecule has 0 heterocycles. The molecule has 6 heteroatoms. The minimum atomic E-state index is -0.190. The summed E-state index contributed by atoms with van der Waals surface area (Å²) < 4.78 is 13.5. The number of hydrogen-bond donors (Lipinski definition) is 3. The highest BCUT2D eigenvalue weighted by Gasteiger charge is 2.44. The summed E-state index contributed by atoms with van der Waals surface area (Å²) in [7, 11) is 1.73. The average molecular weight is 483 g/mol. The van der Waals surface area contributed by atoms with Gasteiger partial charge in [0.15, 0.2) is 5.96 Å². The molecule has 1 saturated carbocycles. The van der Waals surface area contributed by atoms with Crippen LogP contribution in [0.2, 0.25) is 0 Å². The molecule has 0 aliphatic heterocycles. The third kappa shape index (κ3) is 5.65. The van der Waals surface area contributed by atoms with E-state index >= 15 is 0 Å². The molecule has 0 amide bonds. The van der Waals surface area contributed by atoms with Crippen molar-refractivity contribution in [3.63, 3.8) is 0 Å². The molecule has 1 unspecified atom stereocenters. The lowest BCUT2D eigenvalue weighted by Crippen LogP contribution is -2.43. The van der Waals surface area contributed by atoms with E-state index in [0.717, 1.165) is 24.0 Å². The van der Waals surface area contributed by atoms with Crippen LogP contribution in [0.5, 0.6) is 0 Å². The Morgan fingerprint density at radius 1 is 1.15 bits per heavy atom. The third-order valence-corrected chi connectivity index (χ3v) is 5.12. The third-order valence-electron chi connectivity index (χ3n) is 5.12. The second kappa shape index (κ2) is 10.0. The summed E-state index contributed by atoms with van der Waals surface area (Å²) in [6, 6.07) is 16.8. The molecule has 27 heavy (non-hydrogen) atoms. The minimum absolute atomic E-state index is 0. The van der Waals surface area contributed by atoms with Gasteiger partial charge in [-0.2, -0.15) is 0 Å². The molecule has 1 aliphatic rings. The zero-order valence-electron chi connectivity index (χ0n) is 15.5.